The molecule has 3 aliphatic carbocycles. The number of aromatic amines is 1. The number of rotatable bonds is 0. The molecule has 7 rings (SSSR count). The number of ether oxygens (including phenoxy) is 2. The van der Waals surface area contributed by atoms with Crippen molar-refractivity contribution in [3.05, 3.63) is 47.2 Å². The quantitative estimate of drug-likeness (QED) is 0.645. The molecular formula is C27H29NO5. The maximum absolute atomic E-state index is 13.8. The first-order chi connectivity index (χ1) is 15.5. The Bertz CT molecular complexity index is 1320. The van der Waals surface area contributed by atoms with E-state index in [4.69, 9.17) is 9.47 Å². The van der Waals surface area contributed by atoms with Gasteiger partial charge in [0.1, 0.15) is 5.60 Å². The highest BCUT2D eigenvalue weighted by Crippen LogP contribution is 2.70. The molecule has 5 aliphatic rings. The van der Waals surface area contributed by atoms with Crippen molar-refractivity contribution in [2.24, 2.45) is 11.3 Å². The van der Waals surface area contributed by atoms with E-state index in [-0.39, 0.29) is 23.9 Å². The third-order valence-corrected chi connectivity index (χ3v) is 10.0. The third kappa shape index (κ3) is 1.93. The van der Waals surface area contributed by atoms with E-state index in [0.29, 0.717) is 18.4 Å². The molecule has 3 heterocycles. The molecular weight excluding hydrogens is 418 g/mol. The van der Waals surface area contributed by atoms with Crippen molar-refractivity contribution in [1.29, 1.82) is 0 Å². The number of aliphatic hydroxyl groups is 1. The van der Waals surface area contributed by atoms with Gasteiger partial charge in [-0.3, -0.25) is 9.59 Å². The highest BCUT2D eigenvalue weighted by molar-refractivity contribution is 6.02. The predicted octanol–water partition coefficient (Wildman–Crippen LogP) is 3.50. The number of hydrogen-bond acceptors (Lipinski definition) is 5. The van der Waals surface area contributed by atoms with E-state index >= 15 is 0 Å². The number of hydrogen-bond donors (Lipinski definition) is 2. The monoisotopic (exact) mass is 447 g/mol. The molecule has 0 radical (unpaired) electrons. The number of ketones is 2. The summed E-state index contributed by atoms with van der Waals surface area (Å²) in [5.74, 6) is -1.60. The highest BCUT2D eigenvalue weighted by Gasteiger charge is 2.77. The summed E-state index contributed by atoms with van der Waals surface area (Å²) in [6.07, 6.45) is 2.86. The van der Waals surface area contributed by atoms with Crippen molar-refractivity contribution in [3.8, 4) is 0 Å². The molecule has 172 valence electrons. The Labute approximate surface area is 192 Å². The number of para-hydroxylation sites is 1. The molecule has 1 aromatic heterocycles. The molecule has 1 saturated heterocycles. The molecule has 2 aliphatic heterocycles. The van der Waals surface area contributed by atoms with E-state index in [1.165, 1.54) is 17.0 Å². The molecule has 6 nitrogen and oxygen atoms in total. The van der Waals surface area contributed by atoms with Crippen molar-refractivity contribution in [3.63, 3.8) is 0 Å². The number of nitrogens with one attached hydrogen (secondary N) is 1. The summed E-state index contributed by atoms with van der Waals surface area (Å²) in [7, 11) is 0. The molecule has 0 amide bonds. The van der Waals surface area contributed by atoms with Crippen molar-refractivity contribution < 1.29 is 24.2 Å². The van der Waals surface area contributed by atoms with E-state index in [0.717, 1.165) is 17.6 Å². The summed E-state index contributed by atoms with van der Waals surface area (Å²) in [6.45, 7) is 7.91. The Morgan fingerprint density at radius 3 is 2.61 bits per heavy atom. The minimum atomic E-state index is -1.84. The Morgan fingerprint density at radius 2 is 1.82 bits per heavy atom. The van der Waals surface area contributed by atoms with Gasteiger partial charge in [0.2, 0.25) is 0 Å². The van der Waals surface area contributed by atoms with Gasteiger partial charge in [-0.05, 0) is 50.3 Å². The van der Waals surface area contributed by atoms with E-state index in [1.54, 1.807) is 0 Å². The van der Waals surface area contributed by atoms with Crippen LogP contribution < -0.4 is 0 Å². The fraction of sp³-hybridized carbons (Fsp3) is 0.556. The number of Topliss-reactive ketones (excluding diaryl/α,β-unsaturated/α-hetero) is 1. The zero-order valence-electron chi connectivity index (χ0n) is 19.5. The smallest absolute Gasteiger partial charge is 0.196 e. The van der Waals surface area contributed by atoms with Gasteiger partial charge in [-0.2, -0.15) is 0 Å². The zero-order valence-corrected chi connectivity index (χ0v) is 19.5. The van der Waals surface area contributed by atoms with Crippen LogP contribution in [0.4, 0.5) is 0 Å². The summed E-state index contributed by atoms with van der Waals surface area (Å²) in [4.78, 5) is 30.6. The summed E-state index contributed by atoms with van der Waals surface area (Å²) in [6, 6.07) is 8.27. The summed E-state index contributed by atoms with van der Waals surface area (Å²) in [5.41, 5.74) is -0.191. The van der Waals surface area contributed by atoms with Gasteiger partial charge >= 0.3 is 0 Å². The standard InChI is InChI=1S/C27H29NO5/c1-23(2)22-18(29)13-19-26(32-22,33-23)10-9-24(3)25(4)14(12-20(30)27(19,24)31)11-16-15-7-5-6-8-17(15)28-21(16)25/h5-8,13-14,22,28,31H,9-12H2,1-4H3/t14-,22+,24-,25-,26?,27+/m1/s1. The first-order valence-corrected chi connectivity index (χ1v) is 12.0. The summed E-state index contributed by atoms with van der Waals surface area (Å²) >= 11 is 0. The van der Waals surface area contributed by atoms with Gasteiger partial charge in [0.05, 0.1) is 0 Å². The number of fused-ring (bicyclic) bond motifs is 9. The van der Waals surface area contributed by atoms with Crippen LogP contribution in [-0.2, 0) is 30.9 Å². The van der Waals surface area contributed by atoms with Gasteiger partial charge in [0.15, 0.2) is 29.1 Å². The Balaban J connectivity index is 1.47. The van der Waals surface area contributed by atoms with E-state index in [9.17, 15) is 14.7 Å². The van der Waals surface area contributed by atoms with Crippen LogP contribution in [0.3, 0.4) is 0 Å². The summed E-state index contributed by atoms with van der Waals surface area (Å²) in [5, 5.41) is 13.7. The van der Waals surface area contributed by atoms with Crippen molar-refractivity contribution in [2.45, 2.75) is 81.9 Å². The number of benzene rings is 1. The second-order valence-corrected chi connectivity index (χ2v) is 11.7. The zero-order chi connectivity index (χ0) is 23.2. The first-order valence-electron chi connectivity index (χ1n) is 12.0. The van der Waals surface area contributed by atoms with Crippen LogP contribution in [0.2, 0.25) is 0 Å². The lowest BCUT2D eigenvalue weighted by Gasteiger charge is -2.64. The highest BCUT2D eigenvalue weighted by atomic mass is 16.8. The third-order valence-electron chi connectivity index (χ3n) is 10.0. The van der Waals surface area contributed by atoms with Crippen molar-refractivity contribution in [2.75, 3.05) is 0 Å². The van der Waals surface area contributed by atoms with Crippen LogP contribution in [0.5, 0.6) is 0 Å². The molecule has 1 unspecified atom stereocenters. The number of H-pyrrole nitrogens is 1. The maximum Gasteiger partial charge on any atom is 0.196 e. The molecule has 1 spiro atoms. The maximum atomic E-state index is 13.8. The fourth-order valence-electron chi connectivity index (χ4n) is 8.18. The van der Waals surface area contributed by atoms with Gasteiger partial charge in [0, 0.05) is 45.8 Å². The predicted molar refractivity (Wildman–Crippen MR) is 121 cm³/mol. The minimum absolute atomic E-state index is 0.0877. The van der Waals surface area contributed by atoms with Crippen LogP contribution in [0, 0.1) is 11.3 Å². The molecule has 2 saturated carbocycles. The van der Waals surface area contributed by atoms with Crippen LogP contribution in [0.15, 0.2) is 35.9 Å². The van der Waals surface area contributed by atoms with Crippen LogP contribution >= 0.6 is 0 Å². The van der Waals surface area contributed by atoms with Gasteiger partial charge in [-0.15, -0.1) is 0 Å². The molecule has 2 N–H and O–H groups in total. The van der Waals surface area contributed by atoms with Crippen LogP contribution in [0.25, 0.3) is 10.9 Å². The van der Waals surface area contributed by atoms with Crippen molar-refractivity contribution in [1.82, 2.24) is 4.98 Å². The molecule has 33 heavy (non-hydrogen) atoms. The van der Waals surface area contributed by atoms with Gasteiger partial charge in [-0.1, -0.05) is 32.0 Å². The normalized spacial score (nSPS) is 44.8. The Kier molecular flexibility index (Phi) is 3.36. The molecule has 1 aromatic carbocycles. The second-order valence-electron chi connectivity index (χ2n) is 11.7. The van der Waals surface area contributed by atoms with E-state index < -0.39 is 33.9 Å². The molecule has 2 aromatic rings. The lowest BCUT2D eigenvalue weighted by Crippen LogP contribution is -2.73. The molecule has 2 bridgehead atoms. The topological polar surface area (TPSA) is 88.6 Å². The average Bonchev–Trinajstić information content (AvgIpc) is 3.34. The van der Waals surface area contributed by atoms with Gasteiger partial charge < -0.3 is 19.6 Å². The number of carbonyl (C=O) groups is 2. The van der Waals surface area contributed by atoms with E-state index in [1.807, 2.05) is 32.9 Å². The molecule has 6 atom stereocenters. The van der Waals surface area contributed by atoms with Gasteiger partial charge in [0.25, 0.3) is 0 Å². The average molecular weight is 448 g/mol. The Hall–Kier alpha value is -2.28. The lowest BCUT2D eigenvalue weighted by atomic mass is 9.42. The molecule has 6 heteroatoms. The number of aromatic nitrogens is 1. The SMILES string of the molecule is CC1(C)OC23CC[C@@]4(C)[C@@](O)(C(=O)C[C@H]5Cc6c([nH]c7ccccc67)[C@@]54C)C2=CC(=O)[C@@H]1O3. The van der Waals surface area contributed by atoms with Crippen molar-refractivity contribution >= 4 is 22.5 Å². The lowest BCUT2D eigenvalue weighted by molar-refractivity contribution is -0.240. The first kappa shape index (κ1) is 20.1. The van der Waals surface area contributed by atoms with Crippen LogP contribution in [-0.4, -0.2) is 44.8 Å². The largest absolute Gasteiger partial charge is 0.377 e. The summed E-state index contributed by atoms with van der Waals surface area (Å²) < 4.78 is 12.6. The van der Waals surface area contributed by atoms with Gasteiger partial charge in [-0.25, -0.2) is 0 Å². The fourth-order valence-corrected chi connectivity index (χ4v) is 8.18. The minimum Gasteiger partial charge on any atom is -0.377 e. The molecule has 3 fully saturated rings. The number of carbonyl (C=O) groups excluding carboxylic acids is 2. The Morgan fingerprint density at radius 1 is 1.06 bits per heavy atom. The second kappa shape index (κ2) is 5.51. The van der Waals surface area contributed by atoms with E-state index in [2.05, 4.69) is 24.0 Å². The van der Waals surface area contributed by atoms with Crippen LogP contribution in [0.1, 0.15) is 58.2 Å².